The number of carbonyl (C=O) groups excluding carboxylic acids is 1. The van der Waals surface area contributed by atoms with Gasteiger partial charge in [0.1, 0.15) is 0 Å². The Labute approximate surface area is 202 Å². The number of aliphatic imine (C=N–C) groups is 1. The third-order valence-electron chi connectivity index (χ3n) is 5.97. The summed E-state index contributed by atoms with van der Waals surface area (Å²) in [6.45, 7) is 2.03. The summed E-state index contributed by atoms with van der Waals surface area (Å²) in [5.41, 5.74) is 6.52. The predicted octanol–water partition coefficient (Wildman–Crippen LogP) is 7.67. The van der Waals surface area contributed by atoms with E-state index < -0.39 is 0 Å². The summed E-state index contributed by atoms with van der Waals surface area (Å²) in [4.78, 5) is 21.0. The van der Waals surface area contributed by atoms with Gasteiger partial charge < -0.3 is 0 Å². The van der Waals surface area contributed by atoms with Gasteiger partial charge in [0, 0.05) is 16.5 Å². The number of benzene rings is 4. The van der Waals surface area contributed by atoms with Crippen molar-refractivity contribution in [1.29, 1.82) is 0 Å². The maximum Gasteiger partial charge on any atom is 0.258 e. The molecule has 4 heteroatoms. The highest BCUT2D eigenvalue weighted by Gasteiger charge is 2.33. The molecule has 1 amide bonds. The van der Waals surface area contributed by atoms with Crippen molar-refractivity contribution in [2.75, 3.05) is 4.90 Å². The first-order valence-electron chi connectivity index (χ1n) is 11.0. The van der Waals surface area contributed by atoms with Gasteiger partial charge in [0.05, 0.1) is 23.1 Å². The molecule has 0 fully saturated rings. The van der Waals surface area contributed by atoms with Gasteiger partial charge in [-0.1, -0.05) is 88.2 Å². The second-order valence-electron chi connectivity index (χ2n) is 8.23. The van der Waals surface area contributed by atoms with Gasteiger partial charge in [0.15, 0.2) is 0 Å². The summed E-state index contributed by atoms with van der Waals surface area (Å²) >= 11 is 3.53. The van der Waals surface area contributed by atoms with Gasteiger partial charge >= 0.3 is 0 Å². The Bertz CT molecular complexity index is 1310. The lowest BCUT2D eigenvalue weighted by molar-refractivity contribution is 0.0977. The average Bonchev–Trinajstić information content (AvgIpc) is 3.02. The molecule has 162 valence electrons. The van der Waals surface area contributed by atoms with E-state index in [9.17, 15) is 4.79 Å². The number of halogens is 1. The number of nitrogens with zero attached hydrogens (tertiary/aromatic N) is 2. The van der Waals surface area contributed by atoms with Crippen LogP contribution < -0.4 is 4.90 Å². The van der Waals surface area contributed by atoms with Gasteiger partial charge in [-0.15, -0.1) is 0 Å². The fourth-order valence-corrected chi connectivity index (χ4v) is 4.51. The van der Waals surface area contributed by atoms with Crippen LogP contribution in [0, 0.1) is 6.92 Å². The molecular formula is C29H23BrN2O. The lowest BCUT2D eigenvalue weighted by atomic mass is 9.95. The molecule has 0 spiro atoms. The molecule has 1 atom stereocenters. The minimum absolute atomic E-state index is 0.0245. The maximum absolute atomic E-state index is 14.0. The Kier molecular flexibility index (Phi) is 5.93. The van der Waals surface area contributed by atoms with Crippen LogP contribution in [-0.2, 0) is 0 Å². The molecule has 3 nitrogen and oxygen atoms in total. The number of carbonyl (C=O) groups is 1. The maximum atomic E-state index is 14.0. The largest absolute Gasteiger partial charge is 0.298 e. The molecule has 4 aromatic carbocycles. The SMILES string of the molecule is Cc1ccc(C(=O)N2c3ccccc3N=C(c3ccc(Br)cc3)C[C@H]2c2ccccc2)cc1. The number of hydrogen-bond acceptors (Lipinski definition) is 2. The summed E-state index contributed by atoms with van der Waals surface area (Å²) in [6, 6.07) is 33.9. The molecule has 1 aliphatic rings. The second kappa shape index (κ2) is 9.16. The van der Waals surface area contributed by atoms with Gasteiger partial charge in [-0.2, -0.15) is 0 Å². The minimum atomic E-state index is -0.189. The molecule has 0 bridgehead atoms. The van der Waals surface area contributed by atoms with E-state index in [4.69, 9.17) is 4.99 Å². The quantitative estimate of drug-likeness (QED) is 0.287. The molecule has 5 rings (SSSR count). The van der Waals surface area contributed by atoms with Crippen LogP contribution in [0.25, 0.3) is 0 Å². The fourth-order valence-electron chi connectivity index (χ4n) is 4.25. The Morgan fingerprint density at radius 1 is 0.848 bits per heavy atom. The zero-order valence-corrected chi connectivity index (χ0v) is 19.9. The third-order valence-corrected chi connectivity index (χ3v) is 6.50. The zero-order chi connectivity index (χ0) is 22.8. The van der Waals surface area contributed by atoms with E-state index in [1.165, 1.54) is 0 Å². The lowest BCUT2D eigenvalue weighted by Crippen LogP contribution is -2.35. The fraction of sp³-hybridized carbons (Fsp3) is 0.103. The van der Waals surface area contributed by atoms with Crippen LogP contribution >= 0.6 is 15.9 Å². The molecule has 0 aliphatic carbocycles. The van der Waals surface area contributed by atoms with E-state index in [1.807, 2.05) is 90.7 Å². The first-order valence-corrected chi connectivity index (χ1v) is 11.8. The van der Waals surface area contributed by atoms with Crippen LogP contribution in [0.15, 0.2) is 113 Å². The highest BCUT2D eigenvalue weighted by Crippen LogP contribution is 2.41. The van der Waals surface area contributed by atoms with E-state index in [0.29, 0.717) is 12.0 Å². The summed E-state index contributed by atoms with van der Waals surface area (Å²) in [6.07, 6.45) is 0.609. The monoisotopic (exact) mass is 494 g/mol. The number of rotatable bonds is 3. The molecular weight excluding hydrogens is 472 g/mol. The van der Waals surface area contributed by atoms with E-state index in [1.54, 1.807) is 0 Å². The van der Waals surface area contributed by atoms with Crippen molar-refractivity contribution in [1.82, 2.24) is 0 Å². The van der Waals surface area contributed by atoms with Crippen LogP contribution in [0.4, 0.5) is 11.4 Å². The number of amides is 1. The number of anilines is 1. The Hall–Kier alpha value is -3.50. The van der Waals surface area contributed by atoms with Gasteiger partial charge in [0.2, 0.25) is 0 Å². The summed E-state index contributed by atoms with van der Waals surface area (Å²) in [7, 11) is 0. The van der Waals surface area contributed by atoms with Gasteiger partial charge in [-0.05, 0) is 54.4 Å². The smallest absolute Gasteiger partial charge is 0.258 e. The van der Waals surface area contributed by atoms with Crippen molar-refractivity contribution >= 4 is 38.9 Å². The van der Waals surface area contributed by atoms with Crippen molar-refractivity contribution < 1.29 is 4.79 Å². The van der Waals surface area contributed by atoms with Crippen LogP contribution in [0.1, 0.15) is 39.5 Å². The third kappa shape index (κ3) is 4.39. The molecule has 0 saturated carbocycles. The number of fused-ring (bicyclic) bond motifs is 1. The van der Waals surface area contributed by atoms with Gasteiger partial charge in [0.25, 0.3) is 5.91 Å². The molecule has 0 aromatic heterocycles. The highest BCUT2D eigenvalue weighted by atomic mass is 79.9. The Balaban J connectivity index is 1.68. The van der Waals surface area contributed by atoms with E-state index in [2.05, 4.69) is 40.2 Å². The van der Waals surface area contributed by atoms with E-state index in [-0.39, 0.29) is 11.9 Å². The van der Waals surface area contributed by atoms with Crippen molar-refractivity contribution in [3.8, 4) is 0 Å². The minimum Gasteiger partial charge on any atom is -0.298 e. The average molecular weight is 495 g/mol. The standard InChI is InChI=1S/C29H23BrN2O/c1-20-11-13-23(14-12-20)29(33)32-27-10-6-5-9-25(27)31-26(21-15-17-24(30)18-16-21)19-28(32)22-7-3-2-4-8-22/h2-18,28H,19H2,1H3/t28-/m0/s1. The van der Waals surface area contributed by atoms with E-state index >= 15 is 0 Å². The summed E-state index contributed by atoms with van der Waals surface area (Å²) in [5.74, 6) is -0.0245. The van der Waals surface area contributed by atoms with Crippen molar-refractivity contribution in [3.05, 3.63) is 130 Å². The lowest BCUT2D eigenvalue weighted by Gasteiger charge is -2.32. The molecule has 0 radical (unpaired) electrons. The first-order chi connectivity index (χ1) is 16.1. The van der Waals surface area contributed by atoms with E-state index in [0.717, 1.165) is 38.2 Å². The molecule has 1 aliphatic heterocycles. The zero-order valence-electron chi connectivity index (χ0n) is 18.3. The predicted molar refractivity (Wildman–Crippen MR) is 139 cm³/mol. The number of hydrogen-bond donors (Lipinski definition) is 0. The molecule has 4 aromatic rings. The van der Waals surface area contributed by atoms with Crippen LogP contribution in [0.2, 0.25) is 0 Å². The Morgan fingerprint density at radius 2 is 1.52 bits per heavy atom. The van der Waals surface area contributed by atoms with Crippen LogP contribution in [-0.4, -0.2) is 11.6 Å². The van der Waals surface area contributed by atoms with Crippen molar-refractivity contribution in [3.63, 3.8) is 0 Å². The van der Waals surface area contributed by atoms with Crippen molar-refractivity contribution in [2.24, 2.45) is 4.99 Å². The van der Waals surface area contributed by atoms with Gasteiger partial charge in [-0.25, -0.2) is 0 Å². The topological polar surface area (TPSA) is 32.7 Å². The van der Waals surface area contributed by atoms with Crippen LogP contribution in [0.3, 0.4) is 0 Å². The summed E-state index contributed by atoms with van der Waals surface area (Å²) in [5, 5.41) is 0. The second-order valence-corrected chi connectivity index (χ2v) is 9.14. The summed E-state index contributed by atoms with van der Waals surface area (Å²) < 4.78 is 1.02. The molecule has 0 saturated heterocycles. The Morgan fingerprint density at radius 3 is 2.24 bits per heavy atom. The van der Waals surface area contributed by atoms with Gasteiger partial charge in [-0.3, -0.25) is 14.7 Å². The number of aryl methyl sites for hydroxylation is 1. The number of para-hydroxylation sites is 2. The highest BCUT2D eigenvalue weighted by molar-refractivity contribution is 9.10. The normalized spacial score (nSPS) is 15.4. The molecule has 1 heterocycles. The van der Waals surface area contributed by atoms with Crippen molar-refractivity contribution in [2.45, 2.75) is 19.4 Å². The molecule has 33 heavy (non-hydrogen) atoms. The molecule has 0 N–H and O–H groups in total. The van der Waals surface area contributed by atoms with Crippen LogP contribution in [0.5, 0.6) is 0 Å². The molecule has 0 unspecified atom stereocenters. The first kappa shape index (κ1) is 21.4.